The molecule has 1 heterocycles. The molecule has 0 spiro atoms. The quantitative estimate of drug-likeness (QED) is 0.149. The summed E-state index contributed by atoms with van der Waals surface area (Å²) < 4.78 is 34.3. The second kappa shape index (κ2) is 15.1. The Labute approximate surface area is 252 Å². The molecule has 0 unspecified atom stereocenters. The molecule has 0 aliphatic rings. The number of carbonyl (C=O) groups is 6. The molecule has 0 radical (unpaired) electrons. The third kappa shape index (κ3) is 8.99. The van der Waals surface area contributed by atoms with Gasteiger partial charge in [0, 0.05) is 54.2 Å². The molecule has 232 valence electrons. The molecule has 0 amide bonds. The molecule has 2 aromatic carbocycles. The van der Waals surface area contributed by atoms with Crippen molar-refractivity contribution >= 4 is 46.8 Å². The molecular weight excluding hydrogens is 600 g/mol. The molecule has 0 saturated carbocycles. The predicted octanol–water partition coefficient (Wildman–Crippen LogP) is 2.07. The second-order valence-electron chi connectivity index (χ2n) is 8.26. The number of fused-ring (bicyclic) bond motifs is 1. The third-order valence-electron chi connectivity index (χ3n) is 5.34. The Hall–Kier alpha value is -6.51. The van der Waals surface area contributed by atoms with E-state index in [1.807, 2.05) is 0 Å². The molecule has 0 atom stereocenters. The minimum absolute atomic E-state index is 0.0318. The van der Waals surface area contributed by atoms with Crippen LogP contribution in [-0.2, 0) is 43.0 Å². The van der Waals surface area contributed by atoms with Crippen molar-refractivity contribution in [2.24, 2.45) is 0 Å². The summed E-state index contributed by atoms with van der Waals surface area (Å²) in [6, 6.07) is 7.30. The Morgan fingerprint density at radius 3 is 1.56 bits per heavy atom. The van der Waals surface area contributed by atoms with Crippen molar-refractivity contribution in [1.29, 1.82) is 0 Å². The lowest BCUT2D eigenvalue weighted by atomic mass is 10.1. The smallest absolute Gasteiger partial charge is 0.336 e. The molecule has 1 N–H and O–H groups in total. The predicted molar refractivity (Wildman–Crippen MR) is 150 cm³/mol. The third-order valence-corrected chi connectivity index (χ3v) is 5.34. The summed E-state index contributed by atoms with van der Waals surface area (Å²) in [6.45, 7) is 0. The Balaban J connectivity index is 2.05. The van der Waals surface area contributed by atoms with Crippen molar-refractivity contribution in [3.63, 3.8) is 0 Å². The van der Waals surface area contributed by atoms with E-state index in [-0.39, 0.29) is 28.4 Å². The molecular formula is C30H22O15. The number of esters is 6. The minimum Gasteiger partial charge on any atom is -0.502 e. The lowest BCUT2D eigenvalue weighted by molar-refractivity contribution is -0.136. The van der Waals surface area contributed by atoms with Crippen LogP contribution in [0.3, 0.4) is 0 Å². The van der Waals surface area contributed by atoms with Gasteiger partial charge in [0.25, 0.3) is 0 Å². The van der Waals surface area contributed by atoms with Crippen LogP contribution in [0.25, 0.3) is 22.3 Å². The highest BCUT2D eigenvalue weighted by Gasteiger charge is 2.22. The van der Waals surface area contributed by atoms with Crippen LogP contribution in [0.5, 0.6) is 23.0 Å². The highest BCUT2D eigenvalue weighted by molar-refractivity contribution is 5.97. The van der Waals surface area contributed by atoms with Gasteiger partial charge in [-0.05, 0) is 24.3 Å². The largest absolute Gasteiger partial charge is 0.502 e. The fourth-order valence-electron chi connectivity index (χ4n) is 3.31. The zero-order valence-electron chi connectivity index (χ0n) is 23.6. The first-order valence-electron chi connectivity index (χ1n) is 12.3. The van der Waals surface area contributed by atoms with E-state index < -0.39 is 58.1 Å². The lowest BCUT2D eigenvalue weighted by Gasteiger charge is -2.11. The maximum absolute atomic E-state index is 13.3. The average Bonchev–Trinajstić information content (AvgIpc) is 3.03. The molecule has 0 fully saturated rings. The number of methoxy groups -OCH3 is 3. The zero-order chi connectivity index (χ0) is 33.1. The molecule has 0 bridgehead atoms. The number of hydrogen-bond donors (Lipinski definition) is 1. The van der Waals surface area contributed by atoms with Gasteiger partial charge in [-0.15, -0.1) is 0 Å². The molecule has 45 heavy (non-hydrogen) atoms. The molecule has 0 aliphatic carbocycles. The Bertz CT molecular complexity index is 1810. The molecule has 1 aromatic heterocycles. The van der Waals surface area contributed by atoms with E-state index in [0.717, 1.165) is 63.8 Å². The normalized spacial score (nSPS) is 11.0. The highest BCUT2D eigenvalue weighted by atomic mass is 16.6. The number of aromatic hydroxyl groups is 1. The standard InChI is InChI=1S/C30H22O15/c1-39-21(31)8-11-24(34)42-17-6-4-16(5-7-17)30-29(38)28(37)27-19(44-26(36)13-10-23(33)41-3)14-18(15-20(27)45-30)43-25(35)12-9-22(32)40-2/h4-15,38H,1-3H3/b11-8+,12-9+,13-10+. The highest BCUT2D eigenvalue weighted by Crippen LogP contribution is 2.36. The maximum Gasteiger partial charge on any atom is 0.336 e. The van der Waals surface area contributed by atoms with Crippen molar-refractivity contribution in [3.05, 3.63) is 83.1 Å². The monoisotopic (exact) mass is 622 g/mol. The van der Waals surface area contributed by atoms with Gasteiger partial charge in [0.15, 0.2) is 5.76 Å². The van der Waals surface area contributed by atoms with Crippen molar-refractivity contribution < 1.29 is 66.7 Å². The topological polar surface area (TPSA) is 208 Å². The zero-order valence-corrected chi connectivity index (χ0v) is 23.6. The van der Waals surface area contributed by atoms with E-state index >= 15 is 0 Å². The van der Waals surface area contributed by atoms with E-state index in [1.54, 1.807) is 0 Å². The Morgan fingerprint density at radius 2 is 1.07 bits per heavy atom. The maximum atomic E-state index is 13.3. The summed E-state index contributed by atoms with van der Waals surface area (Å²) in [4.78, 5) is 83.5. The van der Waals surface area contributed by atoms with Crippen LogP contribution in [0, 0.1) is 0 Å². The minimum atomic E-state index is -1.15. The fraction of sp³-hybridized carbons (Fsp3) is 0.100. The fourth-order valence-corrected chi connectivity index (χ4v) is 3.31. The molecule has 0 aliphatic heterocycles. The van der Waals surface area contributed by atoms with E-state index in [0.29, 0.717) is 6.08 Å². The van der Waals surface area contributed by atoms with Gasteiger partial charge in [0.2, 0.25) is 11.2 Å². The van der Waals surface area contributed by atoms with Gasteiger partial charge in [0.1, 0.15) is 28.2 Å². The van der Waals surface area contributed by atoms with Crippen molar-refractivity contribution in [1.82, 2.24) is 0 Å². The number of benzene rings is 2. The van der Waals surface area contributed by atoms with E-state index in [9.17, 15) is 38.7 Å². The SMILES string of the molecule is COC(=O)/C=C/C(=O)Oc1ccc(-c2oc3cc(OC(=O)/C=C/C(=O)OC)cc(OC(=O)/C=C/C(=O)OC)c3c(=O)c2O)cc1. The van der Waals surface area contributed by atoms with E-state index in [2.05, 4.69) is 14.2 Å². The van der Waals surface area contributed by atoms with Gasteiger partial charge < -0.3 is 37.9 Å². The Kier molecular flexibility index (Phi) is 11.1. The van der Waals surface area contributed by atoms with Crippen LogP contribution in [0.1, 0.15) is 0 Å². The molecule has 15 nitrogen and oxygen atoms in total. The van der Waals surface area contributed by atoms with Gasteiger partial charge in [-0.25, -0.2) is 28.8 Å². The van der Waals surface area contributed by atoms with Crippen molar-refractivity contribution in [2.75, 3.05) is 21.3 Å². The second-order valence-corrected chi connectivity index (χ2v) is 8.26. The molecule has 3 aromatic rings. The van der Waals surface area contributed by atoms with Gasteiger partial charge >= 0.3 is 35.8 Å². The van der Waals surface area contributed by atoms with E-state index in [4.69, 9.17) is 18.6 Å². The van der Waals surface area contributed by atoms with Crippen LogP contribution in [-0.4, -0.2) is 62.3 Å². The molecule has 3 rings (SSSR count). The summed E-state index contributed by atoms with van der Waals surface area (Å²) in [5.41, 5.74) is -1.25. The van der Waals surface area contributed by atoms with Gasteiger partial charge in [-0.2, -0.15) is 0 Å². The summed E-state index contributed by atoms with van der Waals surface area (Å²) in [6.07, 6.45) is 4.69. The van der Waals surface area contributed by atoms with Crippen molar-refractivity contribution in [2.45, 2.75) is 0 Å². The summed E-state index contributed by atoms with van der Waals surface area (Å²) in [5, 5.41) is 10.3. The number of hydrogen-bond acceptors (Lipinski definition) is 15. The van der Waals surface area contributed by atoms with E-state index in [1.165, 1.54) is 24.3 Å². The number of carbonyl (C=O) groups excluding carboxylic acids is 6. The number of ether oxygens (including phenoxy) is 6. The summed E-state index contributed by atoms with van der Waals surface area (Å²) >= 11 is 0. The molecule has 15 heteroatoms. The molecule has 0 saturated heterocycles. The van der Waals surface area contributed by atoms with Gasteiger partial charge in [-0.3, -0.25) is 4.79 Å². The van der Waals surface area contributed by atoms with Gasteiger partial charge in [0.05, 0.1) is 21.3 Å². The van der Waals surface area contributed by atoms with Crippen LogP contribution < -0.4 is 19.6 Å². The lowest BCUT2D eigenvalue weighted by Crippen LogP contribution is -2.11. The Morgan fingerprint density at radius 1 is 0.622 bits per heavy atom. The van der Waals surface area contributed by atoms with Crippen LogP contribution in [0.2, 0.25) is 0 Å². The van der Waals surface area contributed by atoms with Crippen LogP contribution >= 0.6 is 0 Å². The number of rotatable bonds is 10. The first kappa shape index (κ1) is 33.0. The average molecular weight is 622 g/mol. The van der Waals surface area contributed by atoms with Crippen LogP contribution in [0.15, 0.2) is 82.1 Å². The van der Waals surface area contributed by atoms with Crippen molar-refractivity contribution in [3.8, 4) is 34.3 Å². The first-order valence-corrected chi connectivity index (χ1v) is 12.3. The summed E-state index contributed by atoms with van der Waals surface area (Å²) in [7, 11) is 3.31. The van der Waals surface area contributed by atoms with Crippen LogP contribution in [0.4, 0.5) is 0 Å². The van der Waals surface area contributed by atoms with Gasteiger partial charge in [-0.1, -0.05) is 0 Å². The first-order chi connectivity index (χ1) is 21.4. The summed E-state index contributed by atoms with van der Waals surface area (Å²) in [5.74, 6) is -7.66.